The summed E-state index contributed by atoms with van der Waals surface area (Å²) < 4.78 is 11.1. The summed E-state index contributed by atoms with van der Waals surface area (Å²) >= 11 is 0. The number of ether oxygens (including phenoxy) is 2. The summed E-state index contributed by atoms with van der Waals surface area (Å²) in [7, 11) is 0. The molecule has 1 saturated carbocycles. The maximum Gasteiger partial charge on any atom is 0.231 e. The van der Waals surface area contributed by atoms with E-state index in [4.69, 9.17) is 15.2 Å². The minimum absolute atomic E-state index is 0.0203. The van der Waals surface area contributed by atoms with E-state index in [1.165, 1.54) is 0 Å². The molecule has 1 aliphatic carbocycles. The third-order valence-corrected chi connectivity index (χ3v) is 4.07. The number of nitrogens with one attached hydrogen (secondary N) is 1. The van der Waals surface area contributed by atoms with E-state index in [9.17, 15) is 4.79 Å². The van der Waals surface area contributed by atoms with E-state index in [1.54, 1.807) is 0 Å². The molecule has 5 heteroatoms. The van der Waals surface area contributed by atoms with Crippen LogP contribution in [-0.2, 0) is 9.53 Å². The normalized spacial score (nSPS) is 31.1. The van der Waals surface area contributed by atoms with Crippen LogP contribution in [-0.4, -0.2) is 37.3 Å². The fourth-order valence-electron chi connectivity index (χ4n) is 2.87. The standard InChI is InChI=1S/C15H20N2O3/c1-2-19-13-7-11(16)14(13)17-15(18)10-8-20-12-6-4-3-5-9(10)12/h3-6,10-11,13-14H,2,7-8,16H2,1H3,(H,17,18). The number of carbonyl (C=O) groups is 1. The van der Waals surface area contributed by atoms with Crippen LogP contribution in [0.15, 0.2) is 24.3 Å². The first-order valence-electron chi connectivity index (χ1n) is 7.10. The number of carbonyl (C=O) groups excluding carboxylic acids is 1. The van der Waals surface area contributed by atoms with Crippen molar-refractivity contribution in [2.75, 3.05) is 13.2 Å². The van der Waals surface area contributed by atoms with Crippen LogP contribution in [0.2, 0.25) is 0 Å². The van der Waals surface area contributed by atoms with Gasteiger partial charge in [-0.1, -0.05) is 18.2 Å². The van der Waals surface area contributed by atoms with Gasteiger partial charge in [-0.2, -0.15) is 0 Å². The van der Waals surface area contributed by atoms with Gasteiger partial charge in [-0.15, -0.1) is 0 Å². The Bertz CT molecular complexity index is 504. The first-order chi connectivity index (χ1) is 9.70. The molecule has 4 unspecified atom stereocenters. The van der Waals surface area contributed by atoms with Crippen LogP contribution in [0.3, 0.4) is 0 Å². The Morgan fingerprint density at radius 2 is 2.30 bits per heavy atom. The lowest BCUT2D eigenvalue weighted by Crippen LogP contribution is -2.65. The molecule has 0 spiro atoms. The van der Waals surface area contributed by atoms with E-state index < -0.39 is 0 Å². The van der Waals surface area contributed by atoms with E-state index in [0.29, 0.717) is 13.2 Å². The van der Waals surface area contributed by atoms with Gasteiger partial charge in [-0.25, -0.2) is 0 Å². The lowest BCUT2D eigenvalue weighted by atomic mass is 9.83. The molecular weight excluding hydrogens is 256 g/mol. The second kappa shape index (κ2) is 5.42. The van der Waals surface area contributed by atoms with E-state index >= 15 is 0 Å². The number of hydrogen-bond acceptors (Lipinski definition) is 4. The first-order valence-corrected chi connectivity index (χ1v) is 7.10. The zero-order valence-corrected chi connectivity index (χ0v) is 11.5. The molecule has 1 aliphatic heterocycles. The smallest absolute Gasteiger partial charge is 0.231 e. The van der Waals surface area contributed by atoms with E-state index in [-0.39, 0.29) is 30.0 Å². The second-order valence-corrected chi connectivity index (χ2v) is 5.33. The molecule has 1 aromatic carbocycles. The highest BCUT2D eigenvalue weighted by atomic mass is 16.5. The average Bonchev–Trinajstić information content (AvgIpc) is 2.88. The van der Waals surface area contributed by atoms with Gasteiger partial charge in [0.25, 0.3) is 0 Å². The largest absolute Gasteiger partial charge is 0.492 e. The topological polar surface area (TPSA) is 73.6 Å². The lowest BCUT2D eigenvalue weighted by molar-refractivity contribution is -0.127. The summed E-state index contributed by atoms with van der Waals surface area (Å²) in [5.74, 6) is 0.521. The Labute approximate surface area is 118 Å². The number of nitrogens with two attached hydrogens (primary N) is 1. The van der Waals surface area contributed by atoms with Gasteiger partial charge in [0.15, 0.2) is 0 Å². The quantitative estimate of drug-likeness (QED) is 0.852. The maximum absolute atomic E-state index is 12.4. The summed E-state index contributed by atoms with van der Waals surface area (Å²) in [6, 6.07) is 7.55. The molecule has 3 N–H and O–H groups in total. The number of para-hydroxylation sites is 1. The zero-order chi connectivity index (χ0) is 14.1. The van der Waals surface area contributed by atoms with E-state index in [2.05, 4.69) is 5.32 Å². The van der Waals surface area contributed by atoms with Crippen LogP contribution in [0.5, 0.6) is 5.75 Å². The molecule has 1 heterocycles. The second-order valence-electron chi connectivity index (χ2n) is 5.33. The Balaban J connectivity index is 1.66. The third-order valence-electron chi connectivity index (χ3n) is 4.07. The Morgan fingerprint density at radius 1 is 1.50 bits per heavy atom. The molecule has 4 atom stereocenters. The van der Waals surface area contributed by atoms with Gasteiger partial charge in [-0.3, -0.25) is 4.79 Å². The van der Waals surface area contributed by atoms with Crippen molar-refractivity contribution in [1.29, 1.82) is 0 Å². The molecule has 2 aliphatic rings. The summed E-state index contributed by atoms with van der Waals surface area (Å²) in [5.41, 5.74) is 6.91. The molecule has 108 valence electrons. The number of fused-ring (bicyclic) bond motifs is 1. The summed E-state index contributed by atoms with van der Waals surface area (Å²) in [5, 5.41) is 3.01. The van der Waals surface area contributed by atoms with Crippen molar-refractivity contribution in [3.63, 3.8) is 0 Å². The summed E-state index contributed by atoms with van der Waals surface area (Å²) in [6.07, 6.45) is 0.841. The highest BCUT2D eigenvalue weighted by Crippen LogP contribution is 2.34. The predicted octanol–water partition coefficient (Wildman–Crippen LogP) is 0.784. The highest BCUT2D eigenvalue weighted by molar-refractivity contribution is 5.86. The van der Waals surface area contributed by atoms with E-state index in [1.807, 2.05) is 31.2 Å². The van der Waals surface area contributed by atoms with Gasteiger partial charge >= 0.3 is 0 Å². The Morgan fingerprint density at radius 3 is 3.05 bits per heavy atom. The molecular formula is C15H20N2O3. The van der Waals surface area contributed by atoms with Crippen molar-refractivity contribution in [3.8, 4) is 5.75 Å². The monoisotopic (exact) mass is 276 g/mol. The first kappa shape index (κ1) is 13.4. The SMILES string of the molecule is CCOC1CC(N)C1NC(=O)C1COc2ccccc21. The van der Waals surface area contributed by atoms with Crippen LogP contribution < -0.4 is 15.8 Å². The van der Waals surface area contributed by atoms with Crippen LogP contribution in [0.1, 0.15) is 24.8 Å². The van der Waals surface area contributed by atoms with Crippen molar-refractivity contribution >= 4 is 5.91 Å². The van der Waals surface area contributed by atoms with Crippen molar-refractivity contribution in [2.45, 2.75) is 37.5 Å². The van der Waals surface area contributed by atoms with Gasteiger partial charge in [0.05, 0.1) is 12.1 Å². The van der Waals surface area contributed by atoms with Gasteiger partial charge in [0.2, 0.25) is 5.91 Å². The minimum atomic E-state index is -0.249. The molecule has 0 aromatic heterocycles. The molecule has 0 bridgehead atoms. The van der Waals surface area contributed by atoms with Crippen molar-refractivity contribution in [3.05, 3.63) is 29.8 Å². The molecule has 0 saturated heterocycles. The Kier molecular flexibility index (Phi) is 3.63. The fraction of sp³-hybridized carbons (Fsp3) is 0.533. The zero-order valence-electron chi connectivity index (χ0n) is 11.5. The molecule has 5 nitrogen and oxygen atoms in total. The van der Waals surface area contributed by atoms with Crippen molar-refractivity contribution in [1.82, 2.24) is 5.32 Å². The molecule has 0 radical (unpaired) electrons. The summed E-state index contributed by atoms with van der Waals surface area (Å²) in [6.45, 7) is 2.98. The van der Waals surface area contributed by atoms with Crippen LogP contribution in [0, 0.1) is 0 Å². The average molecular weight is 276 g/mol. The number of hydrogen-bond donors (Lipinski definition) is 2. The van der Waals surface area contributed by atoms with Gasteiger partial charge in [0.1, 0.15) is 18.3 Å². The van der Waals surface area contributed by atoms with Gasteiger partial charge in [0, 0.05) is 18.2 Å². The third kappa shape index (κ3) is 2.27. The van der Waals surface area contributed by atoms with Crippen LogP contribution in [0.4, 0.5) is 0 Å². The predicted molar refractivity (Wildman–Crippen MR) is 74.6 cm³/mol. The highest BCUT2D eigenvalue weighted by Gasteiger charge is 2.42. The fourth-order valence-corrected chi connectivity index (χ4v) is 2.87. The number of rotatable bonds is 4. The minimum Gasteiger partial charge on any atom is -0.492 e. The summed E-state index contributed by atoms with van der Waals surface area (Å²) in [4.78, 5) is 12.4. The number of amides is 1. The van der Waals surface area contributed by atoms with Gasteiger partial charge < -0.3 is 20.5 Å². The molecule has 1 fully saturated rings. The lowest BCUT2D eigenvalue weighted by Gasteiger charge is -2.42. The van der Waals surface area contributed by atoms with Crippen molar-refractivity contribution < 1.29 is 14.3 Å². The van der Waals surface area contributed by atoms with Crippen LogP contribution in [0.25, 0.3) is 0 Å². The molecule has 3 rings (SSSR count). The van der Waals surface area contributed by atoms with E-state index in [0.717, 1.165) is 17.7 Å². The Hall–Kier alpha value is -1.59. The van der Waals surface area contributed by atoms with Gasteiger partial charge in [-0.05, 0) is 19.4 Å². The molecule has 1 amide bonds. The molecule has 20 heavy (non-hydrogen) atoms. The van der Waals surface area contributed by atoms with Crippen molar-refractivity contribution in [2.24, 2.45) is 5.73 Å². The van der Waals surface area contributed by atoms with Crippen LogP contribution >= 0.6 is 0 Å². The number of benzene rings is 1. The molecule has 1 aromatic rings. The maximum atomic E-state index is 12.4.